The Bertz CT molecular complexity index is 354. The van der Waals surface area contributed by atoms with Crippen LogP contribution in [-0.4, -0.2) is 7.04 Å². The molecule has 0 spiro atoms. The molecule has 0 radical (unpaired) electrons. The molecular weight excluding hydrogens is 218 g/mol. The fourth-order valence-corrected chi connectivity index (χ4v) is 0.979. The lowest BCUT2D eigenvalue weighted by molar-refractivity contribution is 0.403. The molecule has 0 fully saturated rings. The third kappa shape index (κ3) is 1.68. The van der Waals surface area contributed by atoms with Crippen LogP contribution in [0.25, 0.3) is 0 Å². The Morgan fingerprint density at radius 3 is 2.73 bits per heavy atom. The molecule has 0 aliphatic carbocycles. The maximum absolute atomic E-state index is 12.7. The Labute approximate surface area is 75.3 Å². The van der Waals surface area contributed by atoms with E-state index in [-0.39, 0.29) is 10.2 Å². The lowest BCUT2D eigenvalue weighted by Gasteiger charge is -2.02. The maximum atomic E-state index is 12.7. The Balaban J connectivity index is 3.04. The van der Waals surface area contributed by atoms with Gasteiger partial charge in [-0.05, 0) is 22.0 Å². The summed E-state index contributed by atoms with van der Waals surface area (Å²) in [6, 6.07) is 1.47. The number of hydrogen-bond donors (Lipinski definition) is 0. The average Bonchev–Trinajstić information content (AvgIpc) is 1.97. The van der Waals surface area contributed by atoms with Crippen LogP contribution in [0, 0.1) is 11.6 Å². The van der Waals surface area contributed by atoms with Crippen molar-refractivity contribution < 1.29 is 17.6 Å². The van der Waals surface area contributed by atoms with Crippen molar-refractivity contribution in [1.82, 2.24) is 0 Å². The second-order valence-electron chi connectivity index (χ2n) is 1.80. The molecule has 0 aliphatic heterocycles. The van der Waals surface area contributed by atoms with Gasteiger partial charge in [0.1, 0.15) is 5.75 Å². The Morgan fingerprint density at radius 2 is 2.09 bits per heavy atom. The lowest BCUT2D eigenvalue weighted by Crippen LogP contribution is -1.89. The molecule has 1 nitrogen and oxygen atoms in total. The summed E-state index contributed by atoms with van der Waals surface area (Å²) in [7, 11) is -2.69. The van der Waals surface area contributed by atoms with Crippen LogP contribution in [0.4, 0.5) is 8.78 Å². The molecular formula is C7H5BrF2O. The molecule has 11 heavy (non-hydrogen) atoms. The maximum Gasteiger partial charge on any atom is 0.162 e. The first-order chi connectivity index (χ1) is 6.29. The lowest BCUT2D eigenvalue weighted by atomic mass is 10.3. The zero-order chi connectivity index (χ0) is 10.9. The van der Waals surface area contributed by atoms with Gasteiger partial charge in [-0.15, -0.1) is 0 Å². The van der Waals surface area contributed by atoms with Crippen LogP contribution < -0.4 is 4.74 Å². The van der Waals surface area contributed by atoms with Gasteiger partial charge in [0.15, 0.2) is 11.6 Å². The van der Waals surface area contributed by atoms with Gasteiger partial charge < -0.3 is 4.74 Å². The molecule has 60 valence electrons. The monoisotopic (exact) mass is 225 g/mol. The highest BCUT2D eigenvalue weighted by atomic mass is 79.9. The predicted molar refractivity (Wildman–Crippen MR) is 40.6 cm³/mol. The molecule has 0 bridgehead atoms. The zero-order valence-corrected chi connectivity index (χ0v) is 6.78. The molecule has 1 aromatic carbocycles. The normalized spacial score (nSPS) is 15.0. The molecule has 0 atom stereocenters. The zero-order valence-electron chi connectivity index (χ0n) is 8.20. The third-order valence-corrected chi connectivity index (χ3v) is 1.70. The minimum absolute atomic E-state index is 0.0486. The summed E-state index contributed by atoms with van der Waals surface area (Å²) in [5.41, 5.74) is 0. The van der Waals surface area contributed by atoms with Gasteiger partial charge in [0.25, 0.3) is 0 Å². The number of halogens is 3. The first-order valence-corrected chi connectivity index (χ1v) is 3.42. The molecule has 0 amide bonds. The van der Waals surface area contributed by atoms with Gasteiger partial charge in [0.05, 0.1) is 15.6 Å². The summed E-state index contributed by atoms with van der Waals surface area (Å²) in [6.07, 6.45) is 0. The quantitative estimate of drug-likeness (QED) is 0.669. The second-order valence-corrected chi connectivity index (χ2v) is 2.65. The minimum atomic E-state index is -2.69. The van der Waals surface area contributed by atoms with Gasteiger partial charge in [0, 0.05) is 6.07 Å². The Morgan fingerprint density at radius 1 is 1.45 bits per heavy atom. The van der Waals surface area contributed by atoms with Crippen molar-refractivity contribution in [2.75, 3.05) is 7.04 Å². The summed E-state index contributed by atoms with van der Waals surface area (Å²) < 4.78 is 50.0. The van der Waals surface area contributed by atoms with Crippen LogP contribution in [0.15, 0.2) is 16.6 Å². The van der Waals surface area contributed by atoms with Crippen molar-refractivity contribution in [3.63, 3.8) is 0 Å². The summed E-state index contributed by atoms with van der Waals surface area (Å²) in [5, 5.41) is 0. The first kappa shape index (κ1) is 5.09. The topological polar surface area (TPSA) is 9.23 Å². The van der Waals surface area contributed by atoms with E-state index in [0.717, 1.165) is 6.07 Å². The van der Waals surface area contributed by atoms with Gasteiger partial charge in [-0.3, -0.25) is 0 Å². The van der Waals surface area contributed by atoms with Crippen molar-refractivity contribution in [3.8, 4) is 5.75 Å². The molecule has 1 aromatic rings. The highest BCUT2D eigenvalue weighted by Crippen LogP contribution is 2.26. The van der Waals surface area contributed by atoms with Crippen molar-refractivity contribution in [3.05, 3.63) is 28.2 Å². The van der Waals surface area contributed by atoms with Crippen LogP contribution in [0.3, 0.4) is 0 Å². The van der Waals surface area contributed by atoms with Crippen molar-refractivity contribution in [2.24, 2.45) is 0 Å². The smallest absolute Gasteiger partial charge is 0.162 e. The standard InChI is InChI=1S/C7H5BrF2O/c1-11-7-3-6(10)5(9)2-4(7)8/h2-3H,1H3/i1D3. The number of hydrogen-bond acceptors (Lipinski definition) is 1. The summed E-state index contributed by atoms with van der Waals surface area (Å²) in [5.74, 6) is -2.49. The molecule has 0 aromatic heterocycles. The highest BCUT2D eigenvalue weighted by Gasteiger charge is 2.07. The van der Waals surface area contributed by atoms with E-state index in [1.54, 1.807) is 0 Å². The van der Waals surface area contributed by atoms with E-state index in [1.807, 2.05) is 0 Å². The van der Waals surface area contributed by atoms with Gasteiger partial charge in [-0.25, -0.2) is 8.78 Å². The van der Waals surface area contributed by atoms with Crippen molar-refractivity contribution in [1.29, 1.82) is 0 Å². The van der Waals surface area contributed by atoms with E-state index in [4.69, 9.17) is 4.11 Å². The number of ether oxygens (including phenoxy) is 1. The Hall–Kier alpha value is -0.640. The molecule has 4 heteroatoms. The SMILES string of the molecule is [2H]C([2H])([2H])Oc1cc(F)c(F)cc1Br. The van der Waals surface area contributed by atoms with Gasteiger partial charge >= 0.3 is 0 Å². The van der Waals surface area contributed by atoms with Crippen LogP contribution in [0.2, 0.25) is 0 Å². The molecule has 0 N–H and O–H groups in total. The molecule has 0 saturated heterocycles. The predicted octanol–water partition coefficient (Wildman–Crippen LogP) is 2.74. The van der Waals surface area contributed by atoms with Crippen LogP contribution in [0.1, 0.15) is 4.11 Å². The molecule has 1 rings (SSSR count). The molecule has 0 heterocycles. The number of rotatable bonds is 1. The van der Waals surface area contributed by atoms with E-state index < -0.39 is 18.7 Å². The van der Waals surface area contributed by atoms with Crippen LogP contribution in [-0.2, 0) is 0 Å². The molecule has 0 saturated carbocycles. The Kier molecular flexibility index (Phi) is 1.47. The van der Waals surface area contributed by atoms with Gasteiger partial charge in [0.2, 0.25) is 0 Å². The summed E-state index contributed by atoms with van der Waals surface area (Å²) in [6.45, 7) is 0. The van der Waals surface area contributed by atoms with Crippen molar-refractivity contribution >= 4 is 15.9 Å². The van der Waals surface area contributed by atoms with Gasteiger partial charge in [-0.2, -0.15) is 0 Å². The molecule has 0 unspecified atom stereocenters. The summed E-state index contributed by atoms with van der Waals surface area (Å²) >= 11 is 2.85. The highest BCUT2D eigenvalue weighted by molar-refractivity contribution is 9.10. The largest absolute Gasteiger partial charge is 0.495 e. The van der Waals surface area contributed by atoms with E-state index in [1.165, 1.54) is 0 Å². The summed E-state index contributed by atoms with van der Waals surface area (Å²) in [4.78, 5) is 0. The fourth-order valence-electron chi connectivity index (χ4n) is 0.583. The third-order valence-electron chi connectivity index (χ3n) is 1.08. The van der Waals surface area contributed by atoms with E-state index in [0.29, 0.717) is 6.07 Å². The number of benzene rings is 1. The minimum Gasteiger partial charge on any atom is -0.495 e. The number of methoxy groups -OCH3 is 1. The van der Waals surface area contributed by atoms with E-state index >= 15 is 0 Å². The second kappa shape index (κ2) is 3.17. The van der Waals surface area contributed by atoms with Crippen LogP contribution in [0.5, 0.6) is 5.75 Å². The average molecular weight is 226 g/mol. The fraction of sp³-hybridized carbons (Fsp3) is 0.143. The first-order valence-electron chi connectivity index (χ1n) is 4.13. The van der Waals surface area contributed by atoms with E-state index in [2.05, 4.69) is 20.7 Å². The van der Waals surface area contributed by atoms with Gasteiger partial charge in [-0.1, -0.05) is 0 Å². The van der Waals surface area contributed by atoms with Crippen LogP contribution >= 0.6 is 15.9 Å². The molecule has 0 aliphatic rings. The van der Waals surface area contributed by atoms with E-state index in [9.17, 15) is 8.78 Å². The van der Waals surface area contributed by atoms with Crippen molar-refractivity contribution in [2.45, 2.75) is 0 Å².